The standard InChI is InChI=1S/C14H15N3O3S/c1-3-10(13-16-8(2)7-21-13)17-12(18)11-6-9(14(19)20)4-5-15-11/h4-7,10H,3H2,1-2H3,(H,17,18)(H,19,20). The molecule has 1 amide bonds. The van der Waals surface area contributed by atoms with Crippen molar-refractivity contribution in [2.75, 3.05) is 0 Å². The van der Waals surface area contributed by atoms with Gasteiger partial charge >= 0.3 is 5.97 Å². The molecule has 0 aromatic carbocycles. The van der Waals surface area contributed by atoms with Crippen molar-refractivity contribution in [3.8, 4) is 0 Å². The SMILES string of the molecule is CCC(NC(=O)c1cc(C(=O)O)ccn1)c1nc(C)cs1. The number of aromatic nitrogens is 2. The van der Waals surface area contributed by atoms with E-state index in [-0.39, 0.29) is 17.3 Å². The Labute approximate surface area is 125 Å². The highest BCUT2D eigenvalue weighted by Gasteiger charge is 2.18. The van der Waals surface area contributed by atoms with Gasteiger partial charge in [0.2, 0.25) is 0 Å². The van der Waals surface area contributed by atoms with Crippen molar-refractivity contribution in [1.82, 2.24) is 15.3 Å². The van der Waals surface area contributed by atoms with E-state index < -0.39 is 11.9 Å². The third kappa shape index (κ3) is 3.63. The quantitative estimate of drug-likeness (QED) is 0.885. The number of carbonyl (C=O) groups excluding carboxylic acids is 1. The summed E-state index contributed by atoms with van der Waals surface area (Å²) in [5.74, 6) is -1.49. The summed E-state index contributed by atoms with van der Waals surface area (Å²) in [6.07, 6.45) is 2.00. The van der Waals surface area contributed by atoms with Crippen molar-refractivity contribution < 1.29 is 14.7 Å². The molecule has 0 saturated heterocycles. The van der Waals surface area contributed by atoms with Crippen LogP contribution in [0.1, 0.15) is 50.9 Å². The fraction of sp³-hybridized carbons (Fsp3) is 0.286. The molecule has 0 spiro atoms. The van der Waals surface area contributed by atoms with Crippen LogP contribution in [-0.2, 0) is 0 Å². The number of hydrogen-bond donors (Lipinski definition) is 2. The van der Waals surface area contributed by atoms with Crippen molar-refractivity contribution in [1.29, 1.82) is 0 Å². The summed E-state index contributed by atoms with van der Waals surface area (Å²) in [5, 5.41) is 14.5. The summed E-state index contributed by atoms with van der Waals surface area (Å²) in [6, 6.07) is 2.41. The molecule has 2 aromatic rings. The summed E-state index contributed by atoms with van der Waals surface area (Å²) in [5.41, 5.74) is 1.03. The molecule has 110 valence electrons. The second-order valence-electron chi connectivity index (χ2n) is 4.50. The number of pyridine rings is 1. The highest BCUT2D eigenvalue weighted by Crippen LogP contribution is 2.21. The number of aromatic carboxylic acids is 1. The molecule has 1 atom stereocenters. The molecule has 0 saturated carbocycles. The van der Waals surface area contributed by atoms with Gasteiger partial charge in [-0.1, -0.05) is 6.92 Å². The number of nitrogens with one attached hydrogen (secondary N) is 1. The number of hydrogen-bond acceptors (Lipinski definition) is 5. The van der Waals surface area contributed by atoms with Gasteiger partial charge in [0.05, 0.1) is 11.6 Å². The van der Waals surface area contributed by atoms with Gasteiger partial charge < -0.3 is 10.4 Å². The molecule has 0 radical (unpaired) electrons. The molecule has 21 heavy (non-hydrogen) atoms. The Balaban J connectivity index is 2.16. The van der Waals surface area contributed by atoms with Crippen LogP contribution in [0, 0.1) is 6.92 Å². The molecule has 6 nitrogen and oxygen atoms in total. The van der Waals surface area contributed by atoms with E-state index in [4.69, 9.17) is 5.11 Å². The molecule has 2 aromatic heterocycles. The van der Waals surface area contributed by atoms with Gasteiger partial charge in [0.1, 0.15) is 10.7 Å². The number of carboxylic acids is 1. The lowest BCUT2D eigenvalue weighted by atomic mass is 10.2. The van der Waals surface area contributed by atoms with Crippen molar-refractivity contribution in [2.45, 2.75) is 26.3 Å². The average molecular weight is 305 g/mol. The first-order valence-electron chi connectivity index (χ1n) is 6.43. The summed E-state index contributed by atoms with van der Waals surface area (Å²) in [6.45, 7) is 3.84. The molecule has 0 aliphatic rings. The van der Waals surface area contributed by atoms with Crippen LogP contribution in [0.25, 0.3) is 0 Å². The fourth-order valence-corrected chi connectivity index (χ4v) is 2.72. The monoisotopic (exact) mass is 305 g/mol. The summed E-state index contributed by atoms with van der Waals surface area (Å²) in [4.78, 5) is 31.4. The van der Waals surface area contributed by atoms with Crippen molar-refractivity contribution in [3.63, 3.8) is 0 Å². The van der Waals surface area contributed by atoms with Crippen molar-refractivity contribution in [3.05, 3.63) is 45.7 Å². The molecule has 2 N–H and O–H groups in total. The topological polar surface area (TPSA) is 92.2 Å². The van der Waals surface area contributed by atoms with Crippen LogP contribution in [0.15, 0.2) is 23.7 Å². The van der Waals surface area contributed by atoms with Gasteiger partial charge in [-0.15, -0.1) is 11.3 Å². The van der Waals surface area contributed by atoms with Crippen LogP contribution in [0.3, 0.4) is 0 Å². The van der Waals surface area contributed by atoms with E-state index in [1.807, 2.05) is 19.2 Å². The summed E-state index contributed by atoms with van der Waals surface area (Å²) >= 11 is 1.49. The number of rotatable bonds is 5. The first kappa shape index (κ1) is 15.1. The van der Waals surface area contributed by atoms with Gasteiger partial charge in [-0.2, -0.15) is 0 Å². The number of thiazole rings is 1. The van der Waals surface area contributed by atoms with Crippen molar-refractivity contribution >= 4 is 23.2 Å². The molecule has 0 fully saturated rings. The predicted molar refractivity (Wildman–Crippen MR) is 78.5 cm³/mol. The molecule has 2 heterocycles. The zero-order chi connectivity index (χ0) is 15.4. The summed E-state index contributed by atoms with van der Waals surface area (Å²) in [7, 11) is 0. The lowest BCUT2D eigenvalue weighted by Gasteiger charge is -2.14. The first-order valence-corrected chi connectivity index (χ1v) is 7.31. The van der Waals surface area contributed by atoms with Crippen LogP contribution in [0.4, 0.5) is 0 Å². The Kier molecular flexibility index (Phi) is 4.64. The number of amides is 1. The lowest BCUT2D eigenvalue weighted by molar-refractivity contribution is 0.0696. The predicted octanol–water partition coefficient (Wildman–Crippen LogP) is 2.43. The number of aryl methyl sites for hydroxylation is 1. The zero-order valence-corrected chi connectivity index (χ0v) is 12.5. The highest BCUT2D eigenvalue weighted by molar-refractivity contribution is 7.09. The van der Waals surface area contributed by atoms with Crippen LogP contribution >= 0.6 is 11.3 Å². The van der Waals surface area contributed by atoms with Crippen LogP contribution in [0.5, 0.6) is 0 Å². The minimum absolute atomic E-state index is 0.0355. The molecule has 2 rings (SSSR count). The van der Waals surface area contributed by atoms with E-state index in [9.17, 15) is 9.59 Å². The molecule has 0 bridgehead atoms. The second kappa shape index (κ2) is 6.45. The van der Waals surface area contributed by atoms with E-state index in [1.165, 1.54) is 29.7 Å². The molecule has 0 aliphatic heterocycles. The van der Waals surface area contributed by atoms with Gasteiger partial charge in [-0.3, -0.25) is 9.78 Å². The molecule has 0 aliphatic carbocycles. The molecular weight excluding hydrogens is 290 g/mol. The minimum atomic E-state index is -1.09. The Morgan fingerprint density at radius 3 is 2.81 bits per heavy atom. The van der Waals surface area contributed by atoms with Gasteiger partial charge in [-0.05, 0) is 25.5 Å². The van der Waals surface area contributed by atoms with Gasteiger partial charge in [0, 0.05) is 17.3 Å². The Bertz CT molecular complexity index is 669. The van der Waals surface area contributed by atoms with Crippen molar-refractivity contribution in [2.24, 2.45) is 0 Å². The number of carbonyl (C=O) groups is 2. The smallest absolute Gasteiger partial charge is 0.335 e. The van der Waals surface area contributed by atoms with E-state index in [0.717, 1.165) is 10.7 Å². The van der Waals surface area contributed by atoms with E-state index in [2.05, 4.69) is 15.3 Å². The average Bonchev–Trinajstić information content (AvgIpc) is 2.91. The minimum Gasteiger partial charge on any atom is -0.478 e. The van der Waals surface area contributed by atoms with Gasteiger partial charge in [0.25, 0.3) is 5.91 Å². The van der Waals surface area contributed by atoms with Crippen LogP contribution < -0.4 is 5.32 Å². The Hall–Kier alpha value is -2.28. The Morgan fingerprint density at radius 2 is 2.24 bits per heavy atom. The largest absolute Gasteiger partial charge is 0.478 e. The first-order chi connectivity index (χ1) is 10.0. The maximum atomic E-state index is 12.2. The number of carboxylic acid groups (broad SMARTS) is 1. The van der Waals surface area contributed by atoms with Gasteiger partial charge in [-0.25, -0.2) is 9.78 Å². The highest BCUT2D eigenvalue weighted by atomic mass is 32.1. The molecule has 7 heteroatoms. The zero-order valence-electron chi connectivity index (χ0n) is 11.7. The van der Waals surface area contributed by atoms with E-state index in [0.29, 0.717) is 6.42 Å². The van der Waals surface area contributed by atoms with E-state index >= 15 is 0 Å². The maximum Gasteiger partial charge on any atom is 0.335 e. The normalized spacial score (nSPS) is 11.9. The van der Waals surface area contributed by atoms with E-state index in [1.54, 1.807) is 0 Å². The second-order valence-corrected chi connectivity index (χ2v) is 5.39. The van der Waals surface area contributed by atoms with Crippen LogP contribution in [-0.4, -0.2) is 27.0 Å². The summed E-state index contributed by atoms with van der Waals surface area (Å²) < 4.78 is 0. The van der Waals surface area contributed by atoms with Gasteiger partial charge in [0.15, 0.2) is 0 Å². The Morgan fingerprint density at radius 1 is 1.48 bits per heavy atom. The van der Waals surface area contributed by atoms with Crippen LogP contribution in [0.2, 0.25) is 0 Å². The maximum absolute atomic E-state index is 12.2. The molecular formula is C14H15N3O3S. The third-order valence-electron chi connectivity index (χ3n) is 2.89. The fourth-order valence-electron chi connectivity index (χ4n) is 1.79. The molecule has 1 unspecified atom stereocenters. The lowest BCUT2D eigenvalue weighted by Crippen LogP contribution is -2.29. The third-order valence-corrected chi connectivity index (χ3v) is 3.96. The number of nitrogens with zero attached hydrogens (tertiary/aromatic N) is 2.